The van der Waals surface area contributed by atoms with Gasteiger partial charge in [-0.05, 0) is 48.9 Å². The van der Waals surface area contributed by atoms with Crippen LogP contribution in [0.5, 0.6) is 0 Å². The zero-order chi connectivity index (χ0) is 22.7. The van der Waals surface area contributed by atoms with Gasteiger partial charge in [0, 0.05) is 28.4 Å². The highest BCUT2D eigenvalue weighted by Gasteiger charge is 2.19. The highest BCUT2D eigenvalue weighted by molar-refractivity contribution is 6.35. The van der Waals surface area contributed by atoms with E-state index in [1.807, 2.05) is 0 Å². The fraction of sp³-hybridized carbons (Fsp3) is 0.0870. The molecule has 2 N–H and O–H groups in total. The minimum absolute atomic E-state index is 0.0389. The van der Waals surface area contributed by atoms with Gasteiger partial charge in [-0.25, -0.2) is 8.78 Å². The Hall–Kier alpha value is -3.58. The predicted molar refractivity (Wildman–Crippen MR) is 112 cm³/mol. The molecule has 3 rings (SSSR count). The van der Waals surface area contributed by atoms with Gasteiger partial charge in [0.05, 0.1) is 10.7 Å². The van der Waals surface area contributed by atoms with E-state index < -0.39 is 35.6 Å². The normalized spacial score (nSPS) is 10.6. The topological polar surface area (TPSA) is 83.5 Å². The maximum Gasteiger partial charge on any atom is 0.311 e. The lowest BCUT2D eigenvalue weighted by atomic mass is 9.95. The van der Waals surface area contributed by atoms with Crippen LogP contribution in [0.4, 0.5) is 20.2 Å². The van der Waals surface area contributed by atoms with E-state index in [-0.39, 0.29) is 27.4 Å². The molecule has 31 heavy (non-hydrogen) atoms. The lowest BCUT2D eigenvalue weighted by molar-refractivity contribution is -0.135. The Morgan fingerprint density at radius 1 is 0.968 bits per heavy atom. The summed E-state index contributed by atoms with van der Waals surface area (Å²) in [5, 5.41) is 11.6. The number of rotatable bonds is 7. The number of carboxylic acid groups (broad SMARTS) is 1. The van der Waals surface area contributed by atoms with Gasteiger partial charge in [-0.2, -0.15) is 0 Å². The van der Waals surface area contributed by atoms with Crippen LogP contribution < -0.4 is 5.32 Å². The molecule has 0 aliphatic carbocycles. The van der Waals surface area contributed by atoms with Gasteiger partial charge in [-0.1, -0.05) is 23.7 Å². The molecule has 0 unspecified atom stereocenters. The molecule has 0 fully saturated rings. The zero-order valence-electron chi connectivity index (χ0n) is 16.2. The molecule has 0 aliphatic rings. The average molecular weight is 444 g/mol. The molecule has 5 nitrogen and oxygen atoms in total. The maximum absolute atomic E-state index is 13.8. The molecular weight excluding hydrogens is 428 g/mol. The molecule has 158 valence electrons. The van der Waals surface area contributed by atoms with Gasteiger partial charge in [0.15, 0.2) is 11.6 Å². The van der Waals surface area contributed by atoms with Crippen LogP contribution in [0.2, 0.25) is 5.02 Å². The van der Waals surface area contributed by atoms with Crippen molar-refractivity contribution in [3.05, 3.63) is 93.5 Å². The lowest BCUT2D eigenvalue weighted by Gasteiger charge is -2.12. The van der Waals surface area contributed by atoms with Crippen molar-refractivity contribution in [1.82, 2.24) is 0 Å². The van der Waals surface area contributed by atoms with E-state index in [4.69, 9.17) is 16.7 Å². The van der Waals surface area contributed by atoms with Crippen LogP contribution in [0.1, 0.15) is 38.3 Å². The van der Waals surface area contributed by atoms with Crippen LogP contribution in [-0.4, -0.2) is 22.6 Å². The van der Waals surface area contributed by atoms with Crippen molar-refractivity contribution in [2.45, 2.75) is 13.3 Å². The molecule has 0 saturated carbocycles. The molecule has 0 radical (unpaired) electrons. The number of carbonyl (C=O) groups is 3. The second-order valence-electron chi connectivity index (χ2n) is 6.80. The van der Waals surface area contributed by atoms with Gasteiger partial charge in [-0.15, -0.1) is 0 Å². The third-order valence-corrected chi connectivity index (χ3v) is 4.85. The van der Waals surface area contributed by atoms with Crippen molar-refractivity contribution in [2.75, 3.05) is 5.32 Å². The number of aryl methyl sites for hydroxylation is 1. The molecule has 0 saturated heterocycles. The van der Waals surface area contributed by atoms with Crippen LogP contribution in [0.15, 0.2) is 54.6 Å². The summed E-state index contributed by atoms with van der Waals surface area (Å²) in [5.41, 5.74) is 1.48. The van der Waals surface area contributed by atoms with E-state index in [1.165, 1.54) is 36.4 Å². The molecule has 0 amide bonds. The van der Waals surface area contributed by atoms with E-state index in [0.29, 0.717) is 11.3 Å². The van der Waals surface area contributed by atoms with Crippen molar-refractivity contribution < 1.29 is 28.3 Å². The smallest absolute Gasteiger partial charge is 0.311 e. The number of aliphatic carboxylic acids is 1. The summed E-state index contributed by atoms with van der Waals surface area (Å²) in [4.78, 5) is 35.8. The number of hydrogen-bond acceptors (Lipinski definition) is 4. The molecule has 3 aromatic rings. The monoisotopic (exact) mass is 443 g/mol. The number of hydrogen-bond donors (Lipinski definition) is 2. The Bertz CT molecular complexity index is 1210. The summed E-state index contributed by atoms with van der Waals surface area (Å²) in [5.74, 6) is -3.82. The van der Waals surface area contributed by atoms with Gasteiger partial charge in [0.25, 0.3) is 0 Å². The number of nitrogens with one attached hydrogen (secondary N) is 1. The summed E-state index contributed by atoms with van der Waals surface area (Å²) in [6.07, 6.45) is -0.683. The number of carboxylic acids is 1. The number of anilines is 2. The van der Waals surface area contributed by atoms with Gasteiger partial charge in [0.1, 0.15) is 18.1 Å². The van der Waals surface area contributed by atoms with E-state index in [1.54, 1.807) is 13.0 Å². The van der Waals surface area contributed by atoms with Crippen LogP contribution in [0.3, 0.4) is 0 Å². The minimum Gasteiger partial charge on any atom is -0.481 e. The summed E-state index contributed by atoms with van der Waals surface area (Å²) >= 11 is 6.27. The van der Waals surface area contributed by atoms with E-state index >= 15 is 0 Å². The quantitative estimate of drug-likeness (QED) is 0.369. The predicted octanol–water partition coefficient (Wildman–Crippen LogP) is 5.56. The van der Waals surface area contributed by atoms with Crippen molar-refractivity contribution >= 4 is 40.5 Å². The third-order valence-electron chi connectivity index (χ3n) is 4.54. The van der Waals surface area contributed by atoms with Crippen LogP contribution in [-0.2, 0) is 4.79 Å². The Morgan fingerprint density at radius 2 is 1.71 bits per heavy atom. The Morgan fingerprint density at radius 3 is 2.35 bits per heavy atom. The van der Waals surface area contributed by atoms with Crippen molar-refractivity contribution in [3.63, 3.8) is 0 Å². The number of halogens is 3. The van der Waals surface area contributed by atoms with Gasteiger partial charge in [0.2, 0.25) is 0 Å². The molecule has 8 heteroatoms. The molecule has 0 aromatic heterocycles. The summed E-state index contributed by atoms with van der Waals surface area (Å²) in [6, 6.07) is 11.8. The molecule has 3 aromatic carbocycles. The first kappa shape index (κ1) is 22.1. The second-order valence-corrected chi connectivity index (χ2v) is 7.20. The lowest BCUT2D eigenvalue weighted by Crippen LogP contribution is -2.10. The number of ketones is 2. The molecule has 0 spiro atoms. The average Bonchev–Trinajstić information content (AvgIpc) is 2.69. The van der Waals surface area contributed by atoms with Crippen molar-refractivity contribution in [3.8, 4) is 0 Å². The summed E-state index contributed by atoms with van der Waals surface area (Å²) in [7, 11) is 0. The number of carbonyl (C=O) groups excluding carboxylic acids is 2. The third kappa shape index (κ3) is 5.13. The first-order valence-corrected chi connectivity index (χ1v) is 9.45. The van der Waals surface area contributed by atoms with Gasteiger partial charge < -0.3 is 10.4 Å². The molecule has 0 aliphatic heterocycles. The highest BCUT2D eigenvalue weighted by atomic mass is 35.5. The number of Topliss-reactive ketones (excluding diaryl/α,β-unsaturated/α-hetero) is 1. The highest BCUT2D eigenvalue weighted by Crippen LogP contribution is 2.28. The Kier molecular flexibility index (Phi) is 6.46. The molecule has 0 heterocycles. The second kappa shape index (κ2) is 9.06. The minimum atomic E-state index is -1.26. The first-order valence-electron chi connectivity index (χ1n) is 9.07. The molecular formula is C23H16ClF2NO4. The maximum atomic E-state index is 13.8. The van der Waals surface area contributed by atoms with Crippen LogP contribution >= 0.6 is 11.6 Å². The van der Waals surface area contributed by atoms with Crippen molar-refractivity contribution in [2.24, 2.45) is 0 Å². The SMILES string of the molecule is Cc1ccc(C(=O)CC(=O)O)cc1C(=O)c1ccc(Nc2ccc(F)cc2F)cc1Cl. The number of benzene rings is 3. The zero-order valence-corrected chi connectivity index (χ0v) is 17.0. The molecule has 0 bridgehead atoms. The van der Waals surface area contributed by atoms with E-state index in [9.17, 15) is 23.2 Å². The van der Waals surface area contributed by atoms with Crippen LogP contribution in [0, 0.1) is 18.6 Å². The van der Waals surface area contributed by atoms with Crippen molar-refractivity contribution in [1.29, 1.82) is 0 Å². The molecule has 0 atom stereocenters. The fourth-order valence-electron chi connectivity index (χ4n) is 2.95. The first-order chi connectivity index (χ1) is 14.7. The Balaban J connectivity index is 1.88. The van der Waals surface area contributed by atoms with Gasteiger partial charge >= 0.3 is 5.97 Å². The fourth-order valence-corrected chi connectivity index (χ4v) is 3.21. The van der Waals surface area contributed by atoms with Gasteiger partial charge in [-0.3, -0.25) is 14.4 Å². The Labute approximate surface area is 181 Å². The largest absolute Gasteiger partial charge is 0.481 e. The van der Waals surface area contributed by atoms with Crippen LogP contribution in [0.25, 0.3) is 0 Å². The van der Waals surface area contributed by atoms with E-state index in [0.717, 1.165) is 12.1 Å². The summed E-state index contributed by atoms with van der Waals surface area (Å²) < 4.78 is 26.9. The standard InChI is InChI=1S/C23H16ClF2NO4/c1-12-2-3-13(21(28)11-22(29)30)8-17(12)23(31)16-6-5-15(10-18(16)24)27-20-7-4-14(25)9-19(20)26/h2-10,27H,11H2,1H3,(H,29,30). The summed E-state index contributed by atoms with van der Waals surface area (Å²) in [6.45, 7) is 1.68. The van der Waals surface area contributed by atoms with E-state index in [2.05, 4.69) is 5.32 Å².